The molecule has 0 aliphatic rings. The van der Waals surface area contributed by atoms with Gasteiger partial charge in [0.05, 0.1) is 11.4 Å². The SMILES string of the molecule is CCc1cc(C(C)=O)c(O)cc1OC[C@H](O)CCl. The summed E-state index contributed by atoms with van der Waals surface area (Å²) in [6.45, 7) is 3.36. The number of hydrogen-bond acceptors (Lipinski definition) is 4. The third-order valence-electron chi connectivity index (χ3n) is 2.55. The molecule has 1 atom stereocenters. The number of aliphatic hydroxyl groups is 1. The molecule has 1 aromatic carbocycles. The standard InChI is InChI=1S/C13H17ClO4/c1-3-9-4-11(8(2)15)12(17)5-13(9)18-7-10(16)6-14/h4-5,10,16-17H,3,6-7H2,1-2H3/t10-/m1/s1. The summed E-state index contributed by atoms with van der Waals surface area (Å²) in [5.41, 5.74) is 1.08. The highest BCUT2D eigenvalue weighted by Gasteiger charge is 2.13. The summed E-state index contributed by atoms with van der Waals surface area (Å²) in [4.78, 5) is 11.3. The van der Waals surface area contributed by atoms with E-state index in [1.165, 1.54) is 13.0 Å². The molecule has 0 radical (unpaired) electrons. The number of carbonyl (C=O) groups is 1. The predicted octanol–water partition coefficient (Wildman–Crippen LogP) is 2.14. The van der Waals surface area contributed by atoms with Crippen LogP contribution in [0.15, 0.2) is 12.1 Å². The van der Waals surface area contributed by atoms with Gasteiger partial charge in [-0.15, -0.1) is 11.6 Å². The Morgan fingerprint density at radius 2 is 2.17 bits per heavy atom. The molecule has 0 aliphatic heterocycles. The molecule has 100 valence electrons. The van der Waals surface area contributed by atoms with E-state index < -0.39 is 6.10 Å². The summed E-state index contributed by atoms with van der Waals surface area (Å²) in [7, 11) is 0. The van der Waals surface area contributed by atoms with E-state index >= 15 is 0 Å². The maximum Gasteiger partial charge on any atom is 0.163 e. The van der Waals surface area contributed by atoms with Crippen LogP contribution in [0.3, 0.4) is 0 Å². The maximum atomic E-state index is 11.3. The minimum Gasteiger partial charge on any atom is -0.507 e. The van der Waals surface area contributed by atoms with Gasteiger partial charge in [-0.25, -0.2) is 0 Å². The first-order chi connectivity index (χ1) is 8.49. The van der Waals surface area contributed by atoms with E-state index in [1.807, 2.05) is 6.92 Å². The van der Waals surface area contributed by atoms with Gasteiger partial charge < -0.3 is 14.9 Å². The number of phenols is 1. The Hall–Kier alpha value is -1.26. The van der Waals surface area contributed by atoms with Crippen molar-refractivity contribution in [3.8, 4) is 11.5 Å². The Kier molecular flexibility index (Phi) is 5.44. The zero-order valence-corrected chi connectivity index (χ0v) is 11.2. The predicted molar refractivity (Wildman–Crippen MR) is 69.7 cm³/mol. The molecule has 5 heteroatoms. The zero-order chi connectivity index (χ0) is 13.7. The van der Waals surface area contributed by atoms with Gasteiger partial charge in [0.25, 0.3) is 0 Å². The topological polar surface area (TPSA) is 66.8 Å². The molecule has 0 aliphatic carbocycles. The second-order valence-electron chi connectivity index (χ2n) is 4.01. The van der Waals surface area contributed by atoms with Gasteiger partial charge in [0.2, 0.25) is 0 Å². The van der Waals surface area contributed by atoms with Gasteiger partial charge in [-0.1, -0.05) is 6.92 Å². The molecule has 0 fully saturated rings. The second-order valence-corrected chi connectivity index (χ2v) is 4.31. The van der Waals surface area contributed by atoms with E-state index in [-0.39, 0.29) is 29.6 Å². The van der Waals surface area contributed by atoms with Gasteiger partial charge in [-0.3, -0.25) is 4.79 Å². The van der Waals surface area contributed by atoms with Crippen molar-refractivity contribution in [1.29, 1.82) is 0 Å². The molecule has 0 spiro atoms. The number of halogens is 1. The first-order valence-corrected chi connectivity index (χ1v) is 6.26. The Balaban J connectivity index is 2.98. The van der Waals surface area contributed by atoms with Gasteiger partial charge in [-0.05, 0) is 25.0 Å². The minimum absolute atomic E-state index is 0.0510. The van der Waals surface area contributed by atoms with Crippen molar-refractivity contribution in [2.45, 2.75) is 26.4 Å². The van der Waals surface area contributed by atoms with Gasteiger partial charge in [0, 0.05) is 6.07 Å². The van der Waals surface area contributed by atoms with Gasteiger partial charge >= 0.3 is 0 Å². The van der Waals surface area contributed by atoms with Crippen LogP contribution in [0.1, 0.15) is 29.8 Å². The fourth-order valence-electron chi connectivity index (χ4n) is 1.54. The van der Waals surface area contributed by atoms with Crippen molar-refractivity contribution in [2.24, 2.45) is 0 Å². The number of aliphatic hydroxyl groups excluding tert-OH is 1. The lowest BCUT2D eigenvalue weighted by Crippen LogP contribution is -2.19. The third kappa shape index (κ3) is 3.62. The number of phenolic OH excluding ortho intramolecular Hbond substituents is 1. The summed E-state index contributed by atoms with van der Waals surface area (Å²) in [5.74, 6) is 0.229. The van der Waals surface area contributed by atoms with E-state index in [9.17, 15) is 15.0 Å². The quantitative estimate of drug-likeness (QED) is 0.615. The first kappa shape index (κ1) is 14.8. The smallest absolute Gasteiger partial charge is 0.163 e. The number of ketones is 1. The molecule has 2 N–H and O–H groups in total. The number of alkyl halides is 1. The highest BCUT2D eigenvalue weighted by molar-refractivity contribution is 6.18. The lowest BCUT2D eigenvalue weighted by molar-refractivity contribution is 0.101. The van der Waals surface area contributed by atoms with E-state index in [4.69, 9.17) is 16.3 Å². The highest BCUT2D eigenvalue weighted by Crippen LogP contribution is 2.29. The zero-order valence-electron chi connectivity index (χ0n) is 10.4. The molecule has 0 heterocycles. The number of carbonyl (C=O) groups excluding carboxylic acids is 1. The number of ether oxygens (including phenoxy) is 1. The monoisotopic (exact) mass is 272 g/mol. The number of Topliss-reactive ketones (excluding diaryl/α,β-unsaturated/α-hetero) is 1. The Morgan fingerprint density at radius 3 is 2.67 bits per heavy atom. The molecule has 0 amide bonds. The van der Waals surface area contributed by atoms with E-state index in [0.717, 1.165) is 5.56 Å². The first-order valence-electron chi connectivity index (χ1n) is 5.73. The molecule has 0 unspecified atom stereocenters. The maximum absolute atomic E-state index is 11.3. The van der Waals surface area contributed by atoms with Crippen LogP contribution in [0.2, 0.25) is 0 Å². The van der Waals surface area contributed by atoms with Gasteiger partial charge in [0.15, 0.2) is 5.78 Å². The molecule has 1 aromatic rings. The summed E-state index contributed by atoms with van der Waals surface area (Å²) in [6.07, 6.45) is -0.0987. The number of rotatable bonds is 6. The van der Waals surface area contributed by atoms with Crippen LogP contribution in [-0.4, -0.2) is 34.6 Å². The second kappa shape index (κ2) is 6.61. The van der Waals surface area contributed by atoms with Crippen LogP contribution < -0.4 is 4.74 Å². The molecule has 0 saturated heterocycles. The van der Waals surface area contributed by atoms with Crippen molar-refractivity contribution < 1.29 is 19.7 Å². The number of hydrogen-bond donors (Lipinski definition) is 2. The van der Waals surface area contributed by atoms with Crippen LogP contribution in [0.5, 0.6) is 11.5 Å². The molecular weight excluding hydrogens is 256 g/mol. The van der Waals surface area contributed by atoms with Gasteiger partial charge in [0.1, 0.15) is 24.2 Å². The molecule has 0 saturated carbocycles. The Labute approximate surface area is 111 Å². The van der Waals surface area contributed by atoms with Crippen LogP contribution in [0, 0.1) is 0 Å². The fourth-order valence-corrected chi connectivity index (χ4v) is 1.63. The van der Waals surface area contributed by atoms with E-state index in [0.29, 0.717) is 12.2 Å². The Bertz CT molecular complexity index is 431. The number of aromatic hydroxyl groups is 1. The summed E-state index contributed by atoms with van der Waals surface area (Å²) in [5, 5.41) is 19.0. The minimum atomic E-state index is -0.758. The Morgan fingerprint density at radius 1 is 1.50 bits per heavy atom. The van der Waals surface area contributed by atoms with E-state index in [2.05, 4.69) is 0 Å². The molecule has 0 aromatic heterocycles. The average molecular weight is 273 g/mol. The van der Waals surface area contributed by atoms with Crippen LogP contribution in [-0.2, 0) is 6.42 Å². The van der Waals surface area contributed by atoms with Crippen molar-refractivity contribution in [3.05, 3.63) is 23.3 Å². The lowest BCUT2D eigenvalue weighted by atomic mass is 10.0. The highest BCUT2D eigenvalue weighted by atomic mass is 35.5. The van der Waals surface area contributed by atoms with Crippen LogP contribution >= 0.6 is 11.6 Å². The summed E-state index contributed by atoms with van der Waals surface area (Å²) in [6, 6.07) is 3.01. The van der Waals surface area contributed by atoms with Crippen molar-refractivity contribution in [3.63, 3.8) is 0 Å². The fraction of sp³-hybridized carbons (Fsp3) is 0.462. The largest absolute Gasteiger partial charge is 0.507 e. The van der Waals surface area contributed by atoms with Crippen molar-refractivity contribution >= 4 is 17.4 Å². The number of aryl methyl sites for hydroxylation is 1. The molecule has 18 heavy (non-hydrogen) atoms. The summed E-state index contributed by atoms with van der Waals surface area (Å²) >= 11 is 5.47. The van der Waals surface area contributed by atoms with Gasteiger partial charge in [-0.2, -0.15) is 0 Å². The van der Waals surface area contributed by atoms with Crippen LogP contribution in [0.4, 0.5) is 0 Å². The average Bonchev–Trinajstić information content (AvgIpc) is 2.35. The molecule has 1 rings (SSSR count). The van der Waals surface area contributed by atoms with Crippen LogP contribution in [0.25, 0.3) is 0 Å². The van der Waals surface area contributed by atoms with E-state index in [1.54, 1.807) is 6.07 Å². The lowest BCUT2D eigenvalue weighted by Gasteiger charge is -2.14. The van der Waals surface area contributed by atoms with Crippen molar-refractivity contribution in [1.82, 2.24) is 0 Å². The molecule has 0 bridgehead atoms. The molecule has 4 nitrogen and oxygen atoms in total. The van der Waals surface area contributed by atoms with Crippen molar-refractivity contribution in [2.75, 3.05) is 12.5 Å². The third-order valence-corrected chi connectivity index (χ3v) is 2.90. The molecular formula is C13H17ClO4. The number of benzene rings is 1. The normalized spacial score (nSPS) is 12.2. The summed E-state index contributed by atoms with van der Waals surface area (Å²) < 4.78 is 5.39.